The van der Waals surface area contributed by atoms with Gasteiger partial charge in [0.05, 0.1) is 19.0 Å². The number of ether oxygens (including phenoxy) is 1. The number of amides is 2. The molecule has 1 saturated carbocycles. The second kappa shape index (κ2) is 9.03. The summed E-state index contributed by atoms with van der Waals surface area (Å²) in [5.74, 6) is 0.153. The van der Waals surface area contributed by atoms with E-state index in [2.05, 4.69) is 10.6 Å². The zero-order valence-corrected chi connectivity index (χ0v) is 16.6. The minimum atomic E-state index is -3.14. The van der Waals surface area contributed by atoms with Gasteiger partial charge in [-0.3, -0.25) is 0 Å². The second-order valence-electron chi connectivity index (χ2n) is 7.53. The van der Waals surface area contributed by atoms with E-state index >= 15 is 0 Å². The lowest BCUT2D eigenvalue weighted by Gasteiger charge is -2.14. The van der Waals surface area contributed by atoms with E-state index in [1.165, 1.54) is 23.4 Å². The molecule has 1 heterocycles. The highest BCUT2D eigenvalue weighted by Gasteiger charge is 2.28. The van der Waals surface area contributed by atoms with Crippen molar-refractivity contribution in [1.29, 1.82) is 0 Å². The van der Waals surface area contributed by atoms with Crippen LogP contribution in [-0.2, 0) is 21.4 Å². The van der Waals surface area contributed by atoms with E-state index in [4.69, 9.17) is 4.74 Å². The summed E-state index contributed by atoms with van der Waals surface area (Å²) in [7, 11) is -3.14. The predicted octanol–water partition coefficient (Wildman–Crippen LogP) is 2.55. The summed E-state index contributed by atoms with van der Waals surface area (Å²) in [4.78, 5) is 12.1. The van der Waals surface area contributed by atoms with Gasteiger partial charge in [0.2, 0.25) is 10.0 Å². The fourth-order valence-electron chi connectivity index (χ4n) is 3.63. The van der Waals surface area contributed by atoms with Crippen molar-refractivity contribution in [2.45, 2.75) is 44.8 Å². The number of carbonyl (C=O) groups is 1. The smallest absolute Gasteiger partial charge is 0.319 e. The first-order valence-electron chi connectivity index (χ1n) is 9.60. The van der Waals surface area contributed by atoms with Gasteiger partial charge in [-0.05, 0) is 42.9 Å². The molecule has 1 unspecified atom stereocenters. The van der Waals surface area contributed by atoms with Crippen LogP contribution in [0.5, 0.6) is 0 Å². The Bertz CT molecular complexity index is 730. The van der Waals surface area contributed by atoms with Crippen molar-refractivity contribution >= 4 is 21.7 Å². The Labute approximate surface area is 161 Å². The first kappa shape index (κ1) is 20.1. The first-order chi connectivity index (χ1) is 12.9. The van der Waals surface area contributed by atoms with Gasteiger partial charge in [-0.1, -0.05) is 25.0 Å². The van der Waals surface area contributed by atoms with Crippen molar-refractivity contribution < 1.29 is 17.9 Å². The standard InChI is InChI=1S/C19H29N3O4S/c1-27(24,25)22-11-10-16(13-22)12-20-19(23)21-17-8-6-15(7-9-17)14-26-18-4-2-3-5-18/h6-9,16,18H,2-5,10-14H2,1H3,(H2,20,21,23). The summed E-state index contributed by atoms with van der Waals surface area (Å²) < 4.78 is 30.4. The molecule has 1 aliphatic carbocycles. The molecule has 2 aliphatic rings. The number of anilines is 1. The minimum Gasteiger partial charge on any atom is -0.374 e. The van der Waals surface area contributed by atoms with Gasteiger partial charge >= 0.3 is 6.03 Å². The van der Waals surface area contributed by atoms with E-state index in [0.717, 1.165) is 30.5 Å². The van der Waals surface area contributed by atoms with E-state index in [1.54, 1.807) is 0 Å². The molecule has 3 rings (SSSR count). The SMILES string of the molecule is CS(=O)(=O)N1CCC(CNC(=O)Nc2ccc(COC3CCCC3)cc2)C1. The van der Waals surface area contributed by atoms with Crippen LogP contribution < -0.4 is 10.6 Å². The van der Waals surface area contributed by atoms with Gasteiger partial charge in [-0.2, -0.15) is 0 Å². The zero-order chi connectivity index (χ0) is 19.3. The van der Waals surface area contributed by atoms with Crippen LogP contribution in [0.2, 0.25) is 0 Å². The highest BCUT2D eigenvalue weighted by molar-refractivity contribution is 7.88. The molecule has 1 saturated heterocycles. The lowest BCUT2D eigenvalue weighted by molar-refractivity contribution is 0.0457. The molecule has 2 fully saturated rings. The lowest BCUT2D eigenvalue weighted by atomic mass is 10.1. The van der Waals surface area contributed by atoms with Crippen molar-refractivity contribution in [2.75, 3.05) is 31.2 Å². The van der Waals surface area contributed by atoms with Gasteiger partial charge < -0.3 is 15.4 Å². The number of hydrogen-bond acceptors (Lipinski definition) is 4. The van der Waals surface area contributed by atoms with Crippen molar-refractivity contribution in [3.63, 3.8) is 0 Å². The summed E-state index contributed by atoms with van der Waals surface area (Å²) in [5, 5.41) is 5.63. The quantitative estimate of drug-likeness (QED) is 0.743. The summed E-state index contributed by atoms with van der Waals surface area (Å²) in [6.45, 7) is 2.06. The summed E-state index contributed by atoms with van der Waals surface area (Å²) >= 11 is 0. The van der Waals surface area contributed by atoms with Crippen LogP contribution in [0.1, 0.15) is 37.7 Å². The molecule has 0 bridgehead atoms. The van der Waals surface area contributed by atoms with E-state index in [1.807, 2.05) is 24.3 Å². The highest BCUT2D eigenvalue weighted by atomic mass is 32.2. The molecule has 1 aliphatic heterocycles. The van der Waals surface area contributed by atoms with E-state index in [0.29, 0.717) is 32.3 Å². The zero-order valence-electron chi connectivity index (χ0n) is 15.8. The maximum absolute atomic E-state index is 12.1. The highest BCUT2D eigenvalue weighted by Crippen LogP contribution is 2.22. The van der Waals surface area contributed by atoms with Gasteiger partial charge in [0, 0.05) is 25.3 Å². The van der Waals surface area contributed by atoms with Crippen LogP contribution >= 0.6 is 0 Å². The molecule has 2 N–H and O–H groups in total. The van der Waals surface area contributed by atoms with Crippen LogP contribution in [0.25, 0.3) is 0 Å². The van der Waals surface area contributed by atoms with Gasteiger partial charge in [0.15, 0.2) is 0 Å². The molecule has 0 aromatic heterocycles. The molecule has 27 heavy (non-hydrogen) atoms. The van der Waals surface area contributed by atoms with Gasteiger partial charge in [0.1, 0.15) is 0 Å². The largest absolute Gasteiger partial charge is 0.374 e. The summed E-state index contributed by atoms with van der Waals surface area (Å²) in [6, 6.07) is 7.39. The number of nitrogens with zero attached hydrogens (tertiary/aromatic N) is 1. The lowest BCUT2D eigenvalue weighted by Crippen LogP contribution is -2.35. The molecule has 150 valence electrons. The summed E-state index contributed by atoms with van der Waals surface area (Å²) in [6.07, 6.45) is 7.21. The Kier molecular flexibility index (Phi) is 6.73. The van der Waals surface area contributed by atoms with Crippen LogP contribution in [0.4, 0.5) is 10.5 Å². The average Bonchev–Trinajstić information content (AvgIpc) is 3.31. The van der Waals surface area contributed by atoms with Crippen molar-refractivity contribution in [2.24, 2.45) is 5.92 Å². The van der Waals surface area contributed by atoms with Crippen molar-refractivity contribution in [1.82, 2.24) is 9.62 Å². The Morgan fingerprint density at radius 1 is 1.19 bits per heavy atom. The average molecular weight is 396 g/mol. The van der Waals surface area contributed by atoms with Crippen LogP contribution in [-0.4, -0.2) is 50.7 Å². The molecule has 1 aromatic carbocycles. The predicted molar refractivity (Wildman–Crippen MR) is 105 cm³/mol. The van der Waals surface area contributed by atoms with Gasteiger partial charge in [-0.25, -0.2) is 17.5 Å². The molecule has 1 atom stereocenters. The van der Waals surface area contributed by atoms with Crippen LogP contribution in [0.15, 0.2) is 24.3 Å². The number of urea groups is 1. The third kappa shape index (κ3) is 6.19. The maximum atomic E-state index is 12.1. The van der Waals surface area contributed by atoms with Crippen LogP contribution in [0, 0.1) is 5.92 Å². The Morgan fingerprint density at radius 3 is 2.52 bits per heavy atom. The number of benzene rings is 1. The first-order valence-corrected chi connectivity index (χ1v) is 11.5. The Hall–Kier alpha value is -1.64. The molecule has 0 radical (unpaired) electrons. The van der Waals surface area contributed by atoms with E-state index < -0.39 is 10.0 Å². The van der Waals surface area contributed by atoms with Gasteiger partial charge in [-0.15, -0.1) is 0 Å². The Morgan fingerprint density at radius 2 is 1.89 bits per heavy atom. The fourth-order valence-corrected chi connectivity index (χ4v) is 4.55. The maximum Gasteiger partial charge on any atom is 0.319 e. The molecule has 7 nitrogen and oxygen atoms in total. The number of nitrogens with one attached hydrogen (secondary N) is 2. The number of sulfonamides is 1. The molecular weight excluding hydrogens is 366 g/mol. The Balaban J connectivity index is 1.37. The van der Waals surface area contributed by atoms with Gasteiger partial charge in [0.25, 0.3) is 0 Å². The van der Waals surface area contributed by atoms with Crippen molar-refractivity contribution in [3.05, 3.63) is 29.8 Å². The fraction of sp³-hybridized carbons (Fsp3) is 0.632. The molecule has 0 spiro atoms. The molecular formula is C19H29N3O4S. The number of carbonyl (C=O) groups excluding carboxylic acids is 1. The van der Waals surface area contributed by atoms with E-state index in [-0.39, 0.29) is 11.9 Å². The number of rotatable bonds is 7. The third-order valence-corrected chi connectivity index (χ3v) is 6.54. The summed E-state index contributed by atoms with van der Waals surface area (Å²) in [5.41, 5.74) is 1.82. The monoisotopic (exact) mass is 395 g/mol. The molecule has 1 aromatic rings. The molecule has 8 heteroatoms. The van der Waals surface area contributed by atoms with E-state index in [9.17, 15) is 13.2 Å². The normalized spacial score (nSPS) is 21.4. The van der Waals surface area contributed by atoms with Crippen molar-refractivity contribution in [3.8, 4) is 0 Å². The van der Waals surface area contributed by atoms with Crippen LogP contribution in [0.3, 0.4) is 0 Å². The minimum absolute atomic E-state index is 0.153. The third-order valence-electron chi connectivity index (χ3n) is 5.27. The number of hydrogen-bond donors (Lipinski definition) is 2. The second-order valence-corrected chi connectivity index (χ2v) is 9.51. The molecule has 2 amide bonds. The topological polar surface area (TPSA) is 87.7 Å².